The topological polar surface area (TPSA) is 188 Å². The van der Waals surface area contributed by atoms with Crippen LogP contribution in [0.25, 0.3) is 0 Å². The van der Waals surface area contributed by atoms with Crippen LogP contribution in [0.15, 0.2) is 21.8 Å². The van der Waals surface area contributed by atoms with E-state index in [0.29, 0.717) is 46.0 Å². The van der Waals surface area contributed by atoms with Crippen molar-refractivity contribution in [3.05, 3.63) is 22.3 Å². The van der Waals surface area contributed by atoms with E-state index >= 15 is 0 Å². The van der Waals surface area contributed by atoms with Crippen molar-refractivity contribution in [1.29, 1.82) is 0 Å². The quantitative estimate of drug-likeness (QED) is 0.111. The number of aromatic nitrogens is 5. The first kappa shape index (κ1) is 36.1. The molecule has 4 heterocycles. The summed E-state index contributed by atoms with van der Waals surface area (Å²) >= 11 is 4.06. The van der Waals surface area contributed by atoms with E-state index in [9.17, 15) is 19.2 Å². The average molecular weight is 722 g/mol. The molecule has 2 amide bonds. The first-order valence-electron chi connectivity index (χ1n) is 16.2. The zero-order valence-electron chi connectivity index (χ0n) is 27.5. The Hall–Kier alpha value is -3.22. The number of tetrazole rings is 1. The summed E-state index contributed by atoms with van der Waals surface area (Å²) in [6.45, 7) is 3.31. The highest BCUT2D eigenvalue weighted by atomic mass is 32.2. The molecule has 2 aromatic heterocycles. The molecule has 0 aromatic carbocycles. The molecule has 18 heteroatoms. The highest BCUT2D eigenvalue weighted by Crippen LogP contribution is 2.42. The molecule has 3 aliphatic rings. The van der Waals surface area contributed by atoms with Crippen LogP contribution in [0, 0.1) is 5.92 Å². The first-order chi connectivity index (χ1) is 23.1. The number of β-lactam (4-membered cyclic amide) rings is 1. The molecule has 1 saturated heterocycles. The van der Waals surface area contributed by atoms with Crippen molar-refractivity contribution in [2.75, 3.05) is 37.9 Å². The molecule has 15 nitrogen and oxygen atoms in total. The van der Waals surface area contributed by atoms with Gasteiger partial charge in [0, 0.05) is 35.8 Å². The molecule has 262 valence electrons. The maximum Gasteiger partial charge on any atom is 0.358 e. The Labute approximate surface area is 292 Å². The normalized spacial score (nSPS) is 20.3. The number of hydrogen-bond donors (Lipinski definition) is 2. The van der Waals surface area contributed by atoms with Gasteiger partial charge in [-0.1, -0.05) is 44.4 Å². The van der Waals surface area contributed by atoms with Gasteiger partial charge >= 0.3 is 11.9 Å². The van der Waals surface area contributed by atoms with Gasteiger partial charge in [0.05, 0.1) is 18.7 Å². The van der Waals surface area contributed by atoms with Gasteiger partial charge in [0.1, 0.15) is 17.1 Å². The molecule has 2 fully saturated rings. The number of esters is 2. The summed E-state index contributed by atoms with van der Waals surface area (Å²) in [5.74, 6) is -1.31. The highest BCUT2D eigenvalue weighted by molar-refractivity contribution is 8.01. The zero-order chi connectivity index (χ0) is 34.2. The van der Waals surface area contributed by atoms with Crippen LogP contribution in [0.5, 0.6) is 0 Å². The zero-order valence-corrected chi connectivity index (χ0v) is 29.9. The fourth-order valence-electron chi connectivity index (χ4n) is 5.76. The van der Waals surface area contributed by atoms with Crippen molar-refractivity contribution < 1.29 is 28.7 Å². The van der Waals surface area contributed by atoms with E-state index in [1.165, 1.54) is 39.8 Å². The fourth-order valence-corrected chi connectivity index (χ4v) is 8.71. The summed E-state index contributed by atoms with van der Waals surface area (Å²) < 4.78 is 13.5. The number of nitrogens with one attached hydrogen (secondary N) is 1. The SMILES string of the molecule is CCCCC(=O)OC(OC(=O)C1=C(CSc2nnnn2CCN(C)C)CS[C@H]2[C@H](NC(=O)Cc3csc(N)n3)C(=O)N12)C1CCCCC1. The molecular weight excluding hydrogens is 679 g/mol. The molecule has 1 saturated carbocycles. The van der Waals surface area contributed by atoms with Crippen molar-refractivity contribution in [3.63, 3.8) is 0 Å². The lowest BCUT2D eigenvalue weighted by Crippen LogP contribution is -2.70. The van der Waals surface area contributed by atoms with Crippen LogP contribution in [0.3, 0.4) is 0 Å². The molecule has 1 aliphatic carbocycles. The predicted molar refractivity (Wildman–Crippen MR) is 181 cm³/mol. The second kappa shape index (κ2) is 16.9. The van der Waals surface area contributed by atoms with Gasteiger partial charge in [0.15, 0.2) is 5.13 Å². The summed E-state index contributed by atoms with van der Waals surface area (Å²) in [5.41, 5.74) is 7.01. The predicted octanol–water partition coefficient (Wildman–Crippen LogP) is 2.45. The van der Waals surface area contributed by atoms with Gasteiger partial charge in [-0.2, -0.15) is 0 Å². The Morgan fingerprint density at radius 2 is 2.00 bits per heavy atom. The number of carbonyl (C=O) groups is 4. The number of thiazole rings is 1. The summed E-state index contributed by atoms with van der Waals surface area (Å²) in [5, 5.41) is 17.0. The number of thioether (sulfide) groups is 2. The van der Waals surface area contributed by atoms with E-state index in [1.807, 2.05) is 25.9 Å². The van der Waals surface area contributed by atoms with Gasteiger partial charge in [0.25, 0.3) is 12.2 Å². The molecule has 0 bridgehead atoms. The van der Waals surface area contributed by atoms with E-state index in [1.54, 1.807) is 10.1 Å². The van der Waals surface area contributed by atoms with E-state index in [0.717, 1.165) is 45.1 Å². The third-order valence-electron chi connectivity index (χ3n) is 8.34. The Bertz CT molecular complexity index is 1490. The highest BCUT2D eigenvalue weighted by Gasteiger charge is 2.54. The number of hydrogen-bond acceptors (Lipinski definition) is 15. The molecule has 0 radical (unpaired) electrons. The van der Waals surface area contributed by atoms with E-state index in [2.05, 4.69) is 25.8 Å². The Morgan fingerprint density at radius 1 is 1.21 bits per heavy atom. The summed E-state index contributed by atoms with van der Waals surface area (Å²) in [7, 11) is 3.93. The van der Waals surface area contributed by atoms with Crippen LogP contribution in [0.2, 0.25) is 0 Å². The number of nitrogen functional groups attached to an aromatic ring is 1. The molecule has 3 N–H and O–H groups in total. The number of fused-ring (bicyclic) bond motifs is 1. The fraction of sp³-hybridized carbons (Fsp3) is 0.667. The number of nitrogens with two attached hydrogens (primary N) is 1. The van der Waals surface area contributed by atoms with Crippen LogP contribution in [-0.4, -0.2) is 109 Å². The average Bonchev–Trinajstić information content (AvgIpc) is 3.71. The number of anilines is 1. The van der Waals surface area contributed by atoms with Crippen molar-refractivity contribution >= 4 is 63.7 Å². The standard InChI is InChI=1S/C30H43N9O6S3/c1-4-5-11-22(41)44-28(18-9-7-6-8-10-18)45-27(43)24-19(16-48-30-34-35-36-38(30)13-12-37(2)3)15-46-26-23(25(42)39(24)26)33-21(40)14-20-17-47-29(31)32-20/h17-18,23,26,28H,4-16H2,1-3H3,(H2,31,32)(H,33,40)/t23-,26+,28?/m1/s1. The molecule has 5 rings (SSSR count). The lowest BCUT2D eigenvalue weighted by atomic mass is 9.88. The smallest absolute Gasteiger partial charge is 0.358 e. The third kappa shape index (κ3) is 9.06. The Kier molecular flexibility index (Phi) is 12.7. The van der Waals surface area contributed by atoms with Crippen molar-refractivity contribution in [2.45, 2.75) is 94.1 Å². The van der Waals surface area contributed by atoms with Crippen LogP contribution in [-0.2, 0) is 41.6 Å². The summed E-state index contributed by atoms with van der Waals surface area (Å²) in [4.78, 5) is 60.9. The molecule has 48 heavy (non-hydrogen) atoms. The van der Waals surface area contributed by atoms with Crippen LogP contribution in [0.1, 0.15) is 64.0 Å². The lowest BCUT2D eigenvalue weighted by Gasteiger charge is -2.50. The number of carbonyl (C=O) groups excluding carboxylic acids is 4. The Morgan fingerprint density at radius 3 is 2.71 bits per heavy atom. The maximum atomic E-state index is 14.1. The first-order valence-corrected chi connectivity index (χ1v) is 19.2. The largest absolute Gasteiger partial charge is 0.425 e. The number of amides is 2. The van der Waals surface area contributed by atoms with E-state index in [4.69, 9.17) is 15.2 Å². The summed E-state index contributed by atoms with van der Waals surface area (Å²) in [6, 6.07) is -0.824. The minimum atomic E-state index is -1.05. The van der Waals surface area contributed by atoms with Gasteiger partial charge in [-0.15, -0.1) is 28.2 Å². The monoisotopic (exact) mass is 721 g/mol. The van der Waals surface area contributed by atoms with Gasteiger partial charge in [0.2, 0.25) is 11.1 Å². The van der Waals surface area contributed by atoms with Gasteiger partial charge < -0.3 is 25.4 Å². The molecule has 0 spiro atoms. The number of unbranched alkanes of at least 4 members (excludes halogenated alkanes) is 1. The van der Waals surface area contributed by atoms with Crippen LogP contribution >= 0.6 is 34.9 Å². The third-order valence-corrected chi connectivity index (χ3v) is 11.4. The number of rotatable bonds is 16. The maximum absolute atomic E-state index is 14.1. The number of likely N-dealkylation sites (N-methyl/N-ethyl adjacent to an activating group) is 1. The number of nitrogens with zero attached hydrogens (tertiary/aromatic N) is 7. The van der Waals surface area contributed by atoms with E-state index in [-0.39, 0.29) is 30.4 Å². The Balaban J connectivity index is 1.36. The van der Waals surface area contributed by atoms with Gasteiger partial charge in [-0.25, -0.2) is 14.5 Å². The lowest BCUT2D eigenvalue weighted by molar-refractivity contribution is -0.199. The number of ether oxygens (including phenoxy) is 2. The van der Waals surface area contributed by atoms with Gasteiger partial charge in [-0.3, -0.25) is 19.3 Å². The molecular formula is C30H43N9O6S3. The summed E-state index contributed by atoms with van der Waals surface area (Å²) in [6.07, 6.45) is 5.22. The van der Waals surface area contributed by atoms with Crippen molar-refractivity contribution in [1.82, 2.24) is 40.3 Å². The second-order valence-corrected chi connectivity index (χ2v) is 15.2. The van der Waals surface area contributed by atoms with Crippen molar-refractivity contribution in [2.24, 2.45) is 5.92 Å². The van der Waals surface area contributed by atoms with E-state index < -0.39 is 35.6 Å². The van der Waals surface area contributed by atoms with Crippen molar-refractivity contribution in [3.8, 4) is 0 Å². The minimum Gasteiger partial charge on any atom is -0.425 e. The van der Waals surface area contributed by atoms with Gasteiger partial charge in [-0.05, 0) is 49.4 Å². The molecule has 2 aromatic rings. The molecule has 3 atom stereocenters. The molecule has 1 unspecified atom stereocenters. The minimum absolute atomic E-state index is 0.0174. The van der Waals surface area contributed by atoms with Crippen LogP contribution in [0.4, 0.5) is 5.13 Å². The van der Waals surface area contributed by atoms with Crippen LogP contribution < -0.4 is 11.1 Å². The second-order valence-electron chi connectivity index (χ2n) is 12.3. The molecule has 2 aliphatic heterocycles.